The van der Waals surface area contributed by atoms with Crippen LogP contribution in [0.4, 0.5) is 5.69 Å². The Hall–Kier alpha value is -1.67. The molecule has 7 nitrogen and oxygen atoms in total. The second kappa shape index (κ2) is 5.98. The van der Waals surface area contributed by atoms with Crippen molar-refractivity contribution in [1.29, 1.82) is 0 Å². The first-order chi connectivity index (χ1) is 9.77. The van der Waals surface area contributed by atoms with Crippen LogP contribution in [0.2, 0.25) is 0 Å². The fraction of sp³-hybridized carbons (Fsp3) is 0.538. The Kier molecular flexibility index (Phi) is 4.48. The minimum atomic E-state index is -3.15. The molecule has 0 aliphatic carbocycles. The zero-order chi connectivity index (χ0) is 15.6. The number of pyridine rings is 1. The molecule has 0 atom stereocenters. The fourth-order valence-corrected chi connectivity index (χ4v) is 3.25. The Bertz CT molecular complexity index is 637. The third kappa shape index (κ3) is 3.92. The number of nitrogens with zero attached hydrogens (tertiary/aromatic N) is 2. The number of aromatic nitrogens is 1. The molecular weight excluding hydrogens is 292 g/mol. The molecule has 1 aromatic heterocycles. The van der Waals surface area contributed by atoms with Gasteiger partial charge in [0.25, 0.3) is 5.91 Å². The highest BCUT2D eigenvalue weighted by Crippen LogP contribution is 2.15. The number of amides is 1. The predicted molar refractivity (Wildman–Crippen MR) is 80.3 cm³/mol. The zero-order valence-corrected chi connectivity index (χ0v) is 13.0. The number of hydrogen-bond donors (Lipinski definition) is 2. The molecule has 1 amide bonds. The number of nitrogens with two attached hydrogens (primary N) is 1. The largest absolute Gasteiger partial charge is 0.397 e. The van der Waals surface area contributed by atoms with Gasteiger partial charge in [-0.15, -0.1) is 0 Å². The summed E-state index contributed by atoms with van der Waals surface area (Å²) in [4.78, 5) is 16.3. The number of piperidine rings is 1. The van der Waals surface area contributed by atoms with Gasteiger partial charge < -0.3 is 11.1 Å². The minimum absolute atomic E-state index is 0.0312. The first kappa shape index (κ1) is 15.7. The Morgan fingerprint density at radius 3 is 2.62 bits per heavy atom. The molecule has 2 rings (SSSR count). The lowest BCUT2D eigenvalue weighted by Gasteiger charge is -2.30. The maximum Gasteiger partial charge on any atom is 0.253 e. The molecule has 2 heterocycles. The van der Waals surface area contributed by atoms with Crippen molar-refractivity contribution in [3.8, 4) is 0 Å². The summed E-state index contributed by atoms with van der Waals surface area (Å²) in [6.07, 6.45) is 3.92. The Morgan fingerprint density at radius 1 is 1.43 bits per heavy atom. The molecular formula is C13H20N4O3S. The molecule has 116 valence electrons. The molecule has 0 radical (unpaired) electrons. The molecule has 0 aromatic carbocycles. The summed E-state index contributed by atoms with van der Waals surface area (Å²) in [5, 5.41) is 2.92. The first-order valence-corrected chi connectivity index (χ1v) is 8.60. The summed E-state index contributed by atoms with van der Waals surface area (Å²) < 4.78 is 24.3. The normalized spacial score (nSPS) is 17.6. The number of rotatable bonds is 3. The predicted octanol–water partition coefficient (Wildman–Crippen LogP) is 0.126. The van der Waals surface area contributed by atoms with Gasteiger partial charge in [0, 0.05) is 19.1 Å². The molecule has 0 unspecified atom stereocenters. The summed E-state index contributed by atoms with van der Waals surface area (Å²) in [5.74, 6) is -0.217. The van der Waals surface area contributed by atoms with Crippen molar-refractivity contribution in [2.45, 2.75) is 25.8 Å². The van der Waals surface area contributed by atoms with E-state index in [1.54, 1.807) is 13.0 Å². The number of anilines is 1. The molecule has 0 bridgehead atoms. The van der Waals surface area contributed by atoms with Crippen molar-refractivity contribution in [1.82, 2.24) is 14.6 Å². The highest BCUT2D eigenvalue weighted by molar-refractivity contribution is 7.88. The quantitative estimate of drug-likeness (QED) is 0.825. The van der Waals surface area contributed by atoms with Gasteiger partial charge in [-0.05, 0) is 25.8 Å². The summed E-state index contributed by atoms with van der Waals surface area (Å²) in [5.41, 5.74) is 7.17. The van der Waals surface area contributed by atoms with Gasteiger partial charge in [-0.2, -0.15) is 0 Å². The topological polar surface area (TPSA) is 105 Å². The van der Waals surface area contributed by atoms with Gasteiger partial charge in [0.05, 0.1) is 29.4 Å². The standard InChI is InChI=1S/C13H20N4O3S/c1-9-12(7-10(14)8-15-9)13(18)16-11-3-5-17(6-4-11)21(2,19)20/h7-8,11H,3-6,14H2,1-2H3,(H,16,18). The van der Waals surface area contributed by atoms with Gasteiger partial charge in [-0.3, -0.25) is 9.78 Å². The molecule has 1 fully saturated rings. The molecule has 8 heteroatoms. The van der Waals surface area contributed by atoms with Gasteiger partial charge in [0.2, 0.25) is 10.0 Å². The van der Waals surface area contributed by atoms with E-state index in [4.69, 9.17) is 5.73 Å². The average Bonchev–Trinajstić information content (AvgIpc) is 2.41. The van der Waals surface area contributed by atoms with Crippen molar-refractivity contribution >= 4 is 21.6 Å². The first-order valence-electron chi connectivity index (χ1n) is 6.75. The number of nitrogens with one attached hydrogen (secondary N) is 1. The van der Waals surface area contributed by atoms with Crippen LogP contribution in [0.5, 0.6) is 0 Å². The van der Waals surface area contributed by atoms with Crippen LogP contribution in [-0.2, 0) is 10.0 Å². The molecule has 1 aromatic rings. The maximum absolute atomic E-state index is 12.2. The summed E-state index contributed by atoms with van der Waals surface area (Å²) in [7, 11) is -3.15. The van der Waals surface area contributed by atoms with Gasteiger partial charge in [0.1, 0.15) is 0 Å². The fourth-order valence-electron chi connectivity index (χ4n) is 2.37. The SMILES string of the molecule is Cc1ncc(N)cc1C(=O)NC1CCN(S(C)(=O)=O)CC1. The van der Waals surface area contributed by atoms with Crippen LogP contribution in [-0.4, -0.2) is 49.0 Å². The summed E-state index contributed by atoms with van der Waals surface area (Å²) in [6, 6.07) is 1.57. The van der Waals surface area contributed by atoms with Crippen molar-refractivity contribution in [3.63, 3.8) is 0 Å². The van der Waals surface area contributed by atoms with E-state index in [0.29, 0.717) is 42.9 Å². The van der Waals surface area contributed by atoms with E-state index in [1.807, 2.05) is 0 Å². The second-order valence-corrected chi connectivity index (χ2v) is 7.29. The van der Waals surface area contributed by atoms with Crippen molar-refractivity contribution in [2.75, 3.05) is 25.1 Å². The van der Waals surface area contributed by atoms with Crippen LogP contribution in [0, 0.1) is 6.92 Å². The zero-order valence-electron chi connectivity index (χ0n) is 12.2. The smallest absolute Gasteiger partial charge is 0.253 e. The summed E-state index contributed by atoms with van der Waals surface area (Å²) in [6.45, 7) is 2.61. The van der Waals surface area contributed by atoms with Crippen LogP contribution < -0.4 is 11.1 Å². The lowest BCUT2D eigenvalue weighted by Crippen LogP contribution is -2.46. The van der Waals surface area contributed by atoms with Crippen LogP contribution in [0.3, 0.4) is 0 Å². The van der Waals surface area contributed by atoms with Gasteiger partial charge >= 0.3 is 0 Å². The van der Waals surface area contributed by atoms with Crippen LogP contribution in [0.25, 0.3) is 0 Å². The van der Waals surface area contributed by atoms with Gasteiger partial charge in [0.15, 0.2) is 0 Å². The Balaban J connectivity index is 1.97. The highest BCUT2D eigenvalue weighted by Gasteiger charge is 2.26. The molecule has 1 aliphatic rings. The number of sulfonamides is 1. The third-order valence-corrected chi connectivity index (χ3v) is 4.91. The van der Waals surface area contributed by atoms with Crippen LogP contribution in [0.15, 0.2) is 12.3 Å². The monoisotopic (exact) mass is 312 g/mol. The number of hydrogen-bond acceptors (Lipinski definition) is 5. The van der Waals surface area contributed by atoms with Crippen molar-refractivity contribution < 1.29 is 13.2 Å². The molecule has 0 spiro atoms. The molecule has 3 N–H and O–H groups in total. The van der Waals surface area contributed by atoms with Gasteiger partial charge in [-0.1, -0.05) is 0 Å². The van der Waals surface area contributed by atoms with Crippen molar-refractivity contribution in [2.24, 2.45) is 0 Å². The van der Waals surface area contributed by atoms with E-state index >= 15 is 0 Å². The second-order valence-electron chi connectivity index (χ2n) is 5.31. The Labute approximate surface area is 124 Å². The summed E-state index contributed by atoms with van der Waals surface area (Å²) >= 11 is 0. The lowest BCUT2D eigenvalue weighted by atomic mass is 10.1. The third-order valence-electron chi connectivity index (χ3n) is 3.61. The van der Waals surface area contributed by atoms with E-state index in [9.17, 15) is 13.2 Å². The molecule has 21 heavy (non-hydrogen) atoms. The number of carbonyl (C=O) groups is 1. The van der Waals surface area contributed by atoms with Crippen LogP contribution in [0.1, 0.15) is 28.9 Å². The lowest BCUT2D eigenvalue weighted by molar-refractivity contribution is 0.0923. The minimum Gasteiger partial charge on any atom is -0.397 e. The van der Waals surface area contributed by atoms with E-state index in [1.165, 1.54) is 16.8 Å². The molecule has 1 aliphatic heterocycles. The van der Waals surface area contributed by atoms with E-state index < -0.39 is 10.0 Å². The average molecular weight is 312 g/mol. The molecule has 0 saturated carbocycles. The van der Waals surface area contributed by atoms with E-state index in [2.05, 4.69) is 10.3 Å². The number of nitrogen functional groups attached to an aromatic ring is 1. The van der Waals surface area contributed by atoms with Crippen molar-refractivity contribution in [3.05, 3.63) is 23.5 Å². The van der Waals surface area contributed by atoms with Gasteiger partial charge in [-0.25, -0.2) is 12.7 Å². The van der Waals surface area contributed by atoms with E-state index in [-0.39, 0.29) is 11.9 Å². The number of carbonyl (C=O) groups excluding carboxylic acids is 1. The number of aryl methyl sites for hydroxylation is 1. The van der Waals surface area contributed by atoms with Crippen LogP contribution >= 0.6 is 0 Å². The van der Waals surface area contributed by atoms with E-state index in [0.717, 1.165) is 0 Å². The maximum atomic E-state index is 12.2. The molecule has 1 saturated heterocycles. The highest BCUT2D eigenvalue weighted by atomic mass is 32.2. The Morgan fingerprint density at radius 2 is 2.05 bits per heavy atom.